The highest BCUT2D eigenvalue weighted by molar-refractivity contribution is 9.10. The maximum absolute atomic E-state index is 11.6. The van der Waals surface area contributed by atoms with Crippen LogP contribution < -0.4 is 10.6 Å². The van der Waals surface area contributed by atoms with Crippen molar-refractivity contribution in [3.63, 3.8) is 0 Å². The highest BCUT2D eigenvalue weighted by Gasteiger charge is 2.17. The van der Waals surface area contributed by atoms with Crippen molar-refractivity contribution in [3.05, 3.63) is 38.3 Å². The quantitative estimate of drug-likeness (QED) is 0.576. The molecule has 7 nitrogen and oxygen atoms in total. The zero-order valence-electron chi connectivity index (χ0n) is 13.7. The van der Waals surface area contributed by atoms with Crippen LogP contribution in [0.1, 0.15) is 33.3 Å². The number of rotatable bonds is 6. The van der Waals surface area contributed by atoms with Crippen LogP contribution in [0.5, 0.6) is 0 Å². The third kappa shape index (κ3) is 7.43. The van der Waals surface area contributed by atoms with E-state index in [1.54, 1.807) is 32.9 Å². The molecular weight excluding hydrogens is 366 g/mol. The van der Waals surface area contributed by atoms with Crippen LogP contribution >= 0.6 is 15.9 Å². The maximum Gasteiger partial charge on any atom is 0.407 e. The molecule has 0 aliphatic heterocycles. The molecule has 1 atom stereocenters. The van der Waals surface area contributed by atoms with Gasteiger partial charge in [-0.3, -0.25) is 10.1 Å². The molecule has 1 unspecified atom stereocenters. The Balaban J connectivity index is 2.51. The van der Waals surface area contributed by atoms with Crippen LogP contribution in [-0.2, 0) is 11.3 Å². The van der Waals surface area contributed by atoms with Gasteiger partial charge in [0.25, 0.3) is 5.69 Å². The number of carbonyl (C=O) groups is 1. The van der Waals surface area contributed by atoms with E-state index in [2.05, 4.69) is 26.6 Å². The molecule has 0 bridgehead atoms. The Bertz CT molecular complexity index is 572. The fraction of sp³-hybridized carbons (Fsp3) is 0.533. The first-order valence-electron chi connectivity index (χ1n) is 7.21. The molecule has 0 spiro atoms. The molecule has 0 aromatic heterocycles. The highest BCUT2D eigenvalue weighted by Crippen LogP contribution is 2.22. The average molecular weight is 388 g/mol. The average Bonchev–Trinajstić information content (AvgIpc) is 2.40. The second-order valence-electron chi connectivity index (χ2n) is 6.19. The summed E-state index contributed by atoms with van der Waals surface area (Å²) in [4.78, 5) is 22.2. The second kappa shape index (κ2) is 8.26. The van der Waals surface area contributed by atoms with Crippen molar-refractivity contribution in [2.45, 2.75) is 45.9 Å². The van der Waals surface area contributed by atoms with Crippen molar-refractivity contribution < 1.29 is 14.5 Å². The van der Waals surface area contributed by atoms with Gasteiger partial charge in [-0.15, -0.1) is 0 Å². The molecule has 8 heteroatoms. The molecule has 0 aliphatic carbocycles. The summed E-state index contributed by atoms with van der Waals surface area (Å²) in [5, 5.41) is 16.8. The van der Waals surface area contributed by atoms with Crippen LogP contribution in [-0.4, -0.2) is 29.2 Å². The molecule has 0 saturated heterocycles. The first kappa shape index (κ1) is 19.4. The number of ether oxygens (including phenoxy) is 1. The fourth-order valence-electron chi connectivity index (χ4n) is 1.78. The van der Waals surface area contributed by atoms with E-state index in [1.807, 2.05) is 6.92 Å². The molecule has 1 aromatic rings. The number of benzene rings is 1. The van der Waals surface area contributed by atoms with Gasteiger partial charge in [0, 0.05) is 35.2 Å². The number of nitrogens with zero attached hydrogens (tertiary/aromatic N) is 1. The fourth-order valence-corrected chi connectivity index (χ4v) is 2.19. The van der Waals surface area contributed by atoms with Crippen LogP contribution in [0.25, 0.3) is 0 Å². The lowest BCUT2D eigenvalue weighted by Gasteiger charge is -2.21. The summed E-state index contributed by atoms with van der Waals surface area (Å²) in [5.74, 6) is 0. The SMILES string of the molecule is CC(CNC(=O)OC(C)(C)C)NCc1cc(Br)ccc1[N+](=O)[O-]. The third-order valence-corrected chi connectivity index (χ3v) is 3.32. The van der Waals surface area contributed by atoms with Crippen LogP contribution in [0, 0.1) is 10.1 Å². The summed E-state index contributed by atoms with van der Waals surface area (Å²) >= 11 is 3.31. The lowest BCUT2D eigenvalue weighted by atomic mass is 10.1. The van der Waals surface area contributed by atoms with Gasteiger partial charge in [-0.1, -0.05) is 15.9 Å². The van der Waals surface area contributed by atoms with E-state index in [1.165, 1.54) is 6.07 Å². The Hall–Kier alpha value is -1.67. The first-order valence-corrected chi connectivity index (χ1v) is 8.01. The second-order valence-corrected chi connectivity index (χ2v) is 7.11. The Labute approximate surface area is 144 Å². The van der Waals surface area contributed by atoms with E-state index in [9.17, 15) is 14.9 Å². The van der Waals surface area contributed by atoms with Crippen molar-refractivity contribution in [3.8, 4) is 0 Å². The zero-order chi connectivity index (χ0) is 17.6. The lowest BCUT2D eigenvalue weighted by molar-refractivity contribution is -0.385. The largest absolute Gasteiger partial charge is 0.444 e. The minimum Gasteiger partial charge on any atom is -0.444 e. The summed E-state index contributed by atoms with van der Waals surface area (Å²) in [7, 11) is 0. The molecule has 23 heavy (non-hydrogen) atoms. The van der Waals surface area contributed by atoms with Gasteiger partial charge in [-0.05, 0) is 39.8 Å². The van der Waals surface area contributed by atoms with Gasteiger partial charge in [0.1, 0.15) is 5.60 Å². The van der Waals surface area contributed by atoms with Gasteiger partial charge >= 0.3 is 6.09 Å². The Kier molecular flexibility index (Phi) is 6.96. The smallest absolute Gasteiger partial charge is 0.407 e. The van der Waals surface area contributed by atoms with E-state index >= 15 is 0 Å². The van der Waals surface area contributed by atoms with Crippen molar-refractivity contribution in [1.82, 2.24) is 10.6 Å². The first-order chi connectivity index (χ1) is 10.6. The van der Waals surface area contributed by atoms with Crippen LogP contribution in [0.4, 0.5) is 10.5 Å². The number of halogens is 1. The molecule has 0 aliphatic rings. The number of hydrogen-bond donors (Lipinski definition) is 2. The zero-order valence-corrected chi connectivity index (χ0v) is 15.3. The molecule has 0 radical (unpaired) electrons. The molecule has 128 valence electrons. The van der Waals surface area contributed by atoms with Crippen LogP contribution in [0.3, 0.4) is 0 Å². The normalized spacial score (nSPS) is 12.6. The van der Waals surface area contributed by atoms with Gasteiger partial charge in [-0.2, -0.15) is 0 Å². The minimum atomic E-state index is -0.544. The van der Waals surface area contributed by atoms with Gasteiger partial charge in [0.2, 0.25) is 0 Å². The number of hydrogen-bond acceptors (Lipinski definition) is 5. The number of nitrogens with one attached hydrogen (secondary N) is 2. The summed E-state index contributed by atoms with van der Waals surface area (Å²) in [6.07, 6.45) is -0.486. The number of alkyl carbamates (subject to hydrolysis) is 1. The third-order valence-electron chi connectivity index (χ3n) is 2.83. The van der Waals surface area contributed by atoms with E-state index < -0.39 is 16.6 Å². The van der Waals surface area contributed by atoms with Crippen molar-refractivity contribution in [1.29, 1.82) is 0 Å². The molecule has 0 fully saturated rings. The molecular formula is C15H22BrN3O4. The summed E-state index contributed by atoms with van der Waals surface area (Å²) < 4.78 is 5.92. The van der Waals surface area contributed by atoms with E-state index in [0.717, 1.165) is 4.47 Å². The summed E-state index contributed by atoms with van der Waals surface area (Å²) in [5.41, 5.74) is 0.0963. The molecule has 2 N–H and O–H groups in total. The predicted octanol–water partition coefficient (Wildman–Crippen LogP) is 3.36. The van der Waals surface area contributed by atoms with Crippen molar-refractivity contribution >= 4 is 27.7 Å². The molecule has 1 rings (SSSR count). The van der Waals surface area contributed by atoms with Crippen LogP contribution in [0.2, 0.25) is 0 Å². The number of amides is 1. The maximum atomic E-state index is 11.6. The van der Waals surface area contributed by atoms with E-state index in [4.69, 9.17) is 4.74 Å². The highest BCUT2D eigenvalue weighted by atomic mass is 79.9. The van der Waals surface area contributed by atoms with Gasteiger partial charge in [-0.25, -0.2) is 4.79 Å². The standard InChI is InChI=1S/C15H22BrN3O4/c1-10(8-18-14(20)23-15(2,3)4)17-9-11-7-12(16)5-6-13(11)19(21)22/h5-7,10,17H,8-9H2,1-4H3,(H,18,20). The predicted molar refractivity (Wildman–Crippen MR) is 91.3 cm³/mol. The summed E-state index contributed by atoms with van der Waals surface area (Å²) in [6, 6.07) is 4.74. The van der Waals surface area contributed by atoms with Crippen LogP contribution in [0.15, 0.2) is 22.7 Å². The molecule has 1 amide bonds. The van der Waals surface area contributed by atoms with Gasteiger partial charge < -0.3 is 15.4 Å². The topological polar surface area (TPSA) is 93.5 Å². The lowest BCUT2D eigenvalue weighted by Crippen LogP contribution is -2.41. The van der Waals surface area contributed by atoms with E-state index in [0.29, 0.717) is 18.7 Å². The van der Waals surface area contributed by atoms with Crippen molar-refractivity contribution in [2.24, 2.45) is 0 Å². The van der Waals surface area contributed by atoms with Gasteiger partial charge in [0.15, 0.2) is 0 Å². The number of nitro benzene ring substituents is 1. The molecule has 0 saturated carbocycles. The number of nitro groups is 1. The Morgan fingerprint density at radius 1 is 1.43 bits per heavy atom. The summed E-state index contributed by atoms with van der Waals surface area (Å²) in [6.45, 7) is 7.94. The van der Waals surface area contributed by atoms with E-state index in [-0.39, 0.29) is 11.7 Å². The number of carbonyl (C=O) groups excluding carboxylic acids is 1. The molecule has 1 aromatic carbocycles. The monoisotopic (exact) mass is 387 g/mol. The Morgan fingerprint density at radius 3 is 2.65 bits per heavy atom. The minimum absolute atomic E-state index is 0.0630. The Morgan fingerprint density at radius 2 is 2.09 bits per heavy atom. The van der Waals surface area contributed by atoms with Crippen molar-refractivity contribution in [2.75, 3.05) is 6.54 Å². The molecule has 0 heterocycles. The van der Waals surface area contributed by atoms with Gasteiger partial charge in [0.05, 0.1) is 4.92 Å².